The molecule has 2 aliphatic rings. The fourth-order valence-corrected chi connectivity index (χ4v) is 3.46. The van der Waals surface area contributed by atoms with Gasteiger partial charge in [-0.15, -0.1) is 0 Å². The summed E-state index contributed by atoms with van der Waals surface area (Å²) >= 11 is 0. The third-order valence-electron chi connectivity index (χ3n) is 4.91. The number of rotatable bonds is 3. The largest absolute Gasteiger partial charge is 0.291 e. The summed E-state index contributed by atoms with van der Waals surface area (Å²) in [5.41, 5.74) is 4.80. The second kappa shape index (κ2) is 7.40. The summed E-state index contributed by atoms with van der Waals surface area (Å²) in [6.07, 6.45) is 2.62. The Morgan fingerprint density at radius 1 is 0.880 bits per heavy atom. The third-order valence-corrected chi connectivity index (χ3v) is 4.91. The van der Waals surface area contributed by atoms with Crippen molar-refractivity contribution >= 4 is 11.6 Å². The average Bonchev–Trinajstić information content (AvgIpc) is 3.43. The van der Waals surface area contributed by atoms with E-state index in [0.717, 1.165) is 11.6 Å². The van der Waals surface area contributed by atoms with Gasteiger partial charge < -0.3 is 0 Å². The zero-order valence-corrected chi connectivity index (χ0v) is 15.7. The monoisotopic (exact) mass is 336 g/mol. The number of carbonyl (C=O) groups is 1. The van der Waals surface area contributed by atoms with Gasteiger partial charge in [0, 0.05) is 5.69 Å². The van der Waals surface area contributed by atoms with Crippen molar-refractivity contribution < 1.29 is 4.79 Å². The van der Waals surface area contributed by atoms with Gasteiger partial charge in [-0.3, -0.25) is 14.6 Å². The van der Waals surface area contributed by atoms with Crippen molar-refractivity contribution in [2.75, 3.05) is 18.5 Å². The molecule has 1 heterocycles. The van der Waals surface area contributed by atoms with Crippen LogP contribution in [0.2, 0.25) is 0 Å². The van der Waals surface area contributed by atoms with Crippen LogP contribution in [0.3, 0.4) is 0 Å². The quantitative estimate of drug-likeness (QED) is 0.798. The second-order valence-electron chi connectivity index (χ2n) is 6.83. The number of likely N-dealkylation sites (N-methyl/N-ethyl adjacent to an activating group) is 1. The molecule has 0 bridgehead atoms. The van der Waals surface area contributed by atoms with Gasteiger partial charge in [0.05, 0.1) is 6.54 Å². The van der Waals surface area contributed by atoms with Crippen molar-refractivity contribution in [3.05, 3.63) is 65.2 Å². The van der Waals surface area contributed by atoms with Crippen LogP contribution in [0, 0.1) is 6.92 Å². The Morgan fingerprint density at radius 3 is 2.00 bits per heavy atom. The molecule has 1 atom stereocenters. The number of amides is 1. The van der Waals surface area contributed by atoms with Gasteiger partial charge in [-0.1, -0.05) is 55.8 Å². The fourth-order valence-electron chi connectivity index (χ4n) is 3.46. The van der Waals surface area contributed by atoms with Gasteiger partial charge in [0.1, 0.15) is 6.17 Å². The molecule has 0 radical (unpaired) electrons. The topological polar surface area (TPSA) is 23.6 Å². The lowest BCUT2D eigenvalue weighted by atomic mass is 10.1. The van der Waals surface area contributed by atoms with Crippen LogP contribution in [0.15, 0.2) is 48.5 Å². The molecular weight excluding hydrogens is 308 g/mol. The van der Waals surface area contributed by atoms with Gasteiger partial charge in [0.2, 0.25) is 5.91 Å². The Hall–Kier alpha value is -2.13. The van der Waals surface area contributed by atoms with Crippen LogP contribution in [0.4, 0.5) is 5.69 Å². The molecule has 1 saturated carbocycles. The van der Waals surface area contributed by atoms with E-state index in [2.05, 4.69) is 48.2 Å². The Balaban J connectivity index is 0.000000880. The first-order valence-electron chi connectivity index (χ1n) is 9.32. The number of anilines is 1. The predicted molar refractivity (Wildman–Crippen MR) is 104 cm³/mol. The molecule has 1 saturated heterocycles. The van der Waals surface area contributed by atoms with E-state index >= 15 is 0 Å². The van der Waals surface area contributed by atoms with Crippen molar-refractivity contribution in [3.63, 3.8) is 0 Å². The van der Waals surface area contributed by atoms with E-state index in [-0.39, 0.29) is 12.1 Å². The maximum Gasteiger partial charge on any atom is 0.242 e. The summed E-state index contributed by atoms with van der Waals surface area (Å²) in [7, 11) is 2.02. The SMILES string of the molecule is CC.Cc1ccc(N2C(=O)CN(C)C2c2ccc(C3CC3)cc2)cc1. The van der Waals surface area contributed by atoms with E-state index < -0.39 is 0 Å². The van der Waals surface area contributed by atoms with Crippen LogP contribution in [0.5, 0.6) is 0 Å². The normalized spacial score (nSPS) is 20.4. The average molecular weight is 336 g/mol. The summed E-state index contributed by atoms with van der Waals surface area (Å²) in [6, 6.07) is 17.1. The second-order valence-corrected chi connectivity index (χ2v) is 6.83. The number of hydrogen-bond donors (Lipinski definition) is 0. The molecule has 3 heteroatoms. The van der Waals surface area contributed by atoms with Crippen LogP contribution in [-0.4, -0.2) is 24.4 Å². The lowest BCUT2D eigenvalue weighted by Crippen LogP contribution is -2.30. The summed E-state index contributed by atoms with van der Waals surface area (Å²) in [5, 5.41) is 0. The molecule has 1 aliphatic carbocycles. The molecule has 3 nitrogen and oxygen atoms in total. The first kappa shape index (κ1) is 17.7. The first-order chi connectivity index (χ1) is 12.1. The molecule has 1 unspecified atom stereocenters. The third kappa shape index (κ3) is 3.62. The van der Waals surface area contributed by atoms with Crippen LogP contribution >= 0.6 is 0 Å². The van der Waals surface area contributed by atoms with Gasteiger partial charge in [0.25, 0.3) is 0 Å². The first-order valence-corrected chi connectivity index (χ1v) is 9.32. The van der Waals surface area contributed by atoms with Crippen molar-refractivity contribution in [3.8, 4) is 0 Å². The molecular formula is C22H28N2O. The minimum Gasteiger partial charge on any atom is -0.291 e. The number of hydrogen-bond acceptors (Lipinski definition) is 2. The van der Waals surface area contributed by atoms with Crippen molar-refractivity contribution in [2.45, 2.75) is 45.7 Å². The predicted octanol–water partition coefficient (Wildman–Crippen LogP) is 4.88. The van der Waals surface area contributed by atoms with Gasteiger partial charge >= 0.3 is 0 Å². The maximum absolute atomic E-state index is 12.5. The Bertz CT molecular complexity index is 717. The Morgan fingerprint density at radius 2 is 1.44 bits per heavy atom. The molecule has 4 rings (SSSR count). The lowest BCUT2D eigenvalue weighted by Gasteiger charge is -2.28. The van der Waals surface area contributed by atoms with Crippen LogP contribution in [0.1, 0.15) is 55.5 Å². The molecule has 2 aromatic rings. The molecule has 2 fully saturated rings. The lowest BCUT2D eigenvalue weighted by molar-refractivity contribution is -0.116. The van der Waals surface area contributed by atoms with Crippen molar-refractivity contribution in [1.29, 1.82) is 0 Å². The highest BCUT2D eigenvalue weighted by molar-refractivity contribution is 5.97. The maximum atomic E-state index is 12.5. The number of nitrogens with zero attached hydrogens (tertiary/aromatic N) is 2. The molecule has 1 amide bonds. The summed E-state index contributed by atoms with van der Waals surface area (Å²) in [5.74, 6) is 0.924. The van der Waals surface area contributed by atoms with E-state index in [1.54, 1.807) is 0 Å². The molecule has 0 N–H and O–H groups in total. The van der Waals surface area contributed by atoms with Crippen molar-refractivity contribution in [2.24, 2.45) is 0 Å². The number of aryl methyl sites for hydroxylation is 1. The molecule has 0 aromatic heterocycles. The molecule has 0 spiro atoms. The fraction of sp³-hybridized carbons (Fsp3) is 0.409. The van der Waals surface area contributed by atoms with E-state index in [9.17, 15) is 4.79 Å². The zero-order chi connectivity index (χ0) is 18.0. The summed E-state index contributed by atoms with van der Waals surface area (Å²) in [4.78, 5) is 16.6. The number of benzene rings is 2. The van der Waals surface area contributed by atoms with Gasteiger partial charge in [-0.05, 0) is 56.0 Å². The zero-order valence-electron chi connectivity index (χ0n) is 15.7. The molecule has 132 valence electrons. The Kier molecular flexibility index (Phi) is 5.24. The molecule has 25 heavy (non-hydrogen) atoms. The highest BCUT2D eigenvalue weighted by Crippen LogP contribution is 2.41. The van der Waals surface area contributed by atoms with E-state index in [1.165, 1.54) is 29.5 Å². The van der Waals surface area contributed by atoms with Gasteiger partial charge in [0.15, 0.2) is 0 Å². The number of carbonyl (C=O) groups excluding carboxylic acids is 1. The Labute approximate surface area is 151 Å². The van der Waals surface area contributed by atoms with E-state index in [4.69, 9.17) is 0 Å². The van der Waals surface area contributed by atoms with Gasteiger partial charge in [-0.25, -0.2) is 0 Å². The van der Waals surface area contributed by atoms with Crippen LogP contribution < -0.4 is 4.90 Å². The standard InChI is InChI=1S/C20H22N2O.C2H6/c1-14-3-11-18(12-4-14)22-19(23)13-21(2)20(22)17-9-7-16(8-10-17)15-5-6-15;1-2/h3-4,7-12,15,20H,5-6,13H2,1-2H3;1-2H3. The highest BCUT2D eigenvalue weighted by Gasteiger charge is 2.37. The van der Waals surface area contributed by atoms with Crippen molar-refractivity contribution in [1.82, 2.24) is 4.90 Å². The van der Waals surface area contributed by atoms with Gasteiger partial charge in [-0.2, -0.15) is 0 Å². The van der Waals surface area contributed by atoms with E-state index in [1.807, 2.05) is 37.9 Å². The van der Waals surface area contributed by atoms with Crippen LogP contribution in [0.25, 0.3) is 0 Å². The molecule has 2 aromatic carbocycles. The minimum absolute atomic E-state index is 0.0153. The summed E-state index contributed by atoms with van der Waals surface area (Å²) < 4.78 is 0. The minimum atomic E-state index is -0.0153. The smallest absolute Gasteiger partial charge is 0.242 e. The highest BCUT2D eigenvalue weighted by atomic mass is 16.2. The molecule has 1 aliphatic heterocycles. The van der Waals surface area contributed by atoms with Crippen LogP contribution in [-0.2, 0) is 4.79 Å². The van der Waals surface area contributed by atoms with E-state index in [0.29, 0.717) is 6.54 Å². The summed E-state index contributed by atoms with van der Waals surface area (Å²) in [6.45, 7) is 6.53.